The number of hydrogen-bond acceptors (Lipinski definition) is 4. The van der Waals surface area contributed by atoms with Gasteiger partial charge in [0.1, 0.15) is 0 Å². The van der Waals surface area contributed by atoms with E-state index in [-0.39, 0.29) is 5.91 Å². The van der Waals surface area contributed by atoms with Gasteiger partial charge in [-0.2, -0.15) is 0 Å². The number of rotatable bonds is 4. The second-order valence-electron chi connectivity index (χ2n) is 5.90. The van der Waals surface area contributed by atoms with Crippen molar-refractivity contribution < 1.29 is 4.79 Å². The number of nitrogens with one attached hydrogen (secondary N) is 1. The summed E-state index contributed by atoms with van der Waals surface area (Å²) in [5.41, 5.74) is 1.85. The van der Waals surface area contributed by atoms with E-state index in [0.29, 0.717) is 21.3 Å². The molecule has 2 heterocycles. The summed E-state index contributed by atoms with van der Waals surface area (Å²) < 4.78 is 0. The zero-order valence-corrected chi connectivity index (χ0v) is 15.5. The van der Waals surface area contributed by atoms with Gasteiger partial charge in [0.15, 0.2) is 0 Å². The molecule has 0 saturated carbocycles. The number of carbonyl (C=O) groups is 1. The summed E-state index contributed by atoms with van der Waals surface area (Å²) in [4.78, 5) is 21.4. The Hall–Kier alpha value is -1.82. The maximum Gasteiger partial charge on any atom is 0.257 e. The van der Waals surface area contributed by atoms with Gasteiger partial charge in [-0.25, -0.2) is 0 Å². The van der Waals surface area contributed by atoms with Crippen LogP contribution in [0.1, 0.15) is 17.3 Å². The lowest BCUT2D eigenvalue weighted by Crippen LogP contribution is -2.46. The van der Waals surface area contributed by atoms with Crippen LogP contribution >= 0.6 is 23.2 Å². The van der Waals surface area contributed by atoms with Crippen LogP contribution in [-0.2, 0) is 0 Å². The van der Waals surface area contributed by atoms with Crippen LogP contribution in [0.2, 0.25) is 10.0 Å². The minimum absolute atomic E-state index is 0.281. The summed E-state index contributed by atoms with van der Waals surface area (Å²) in [5, 5.41) is 3.58. The van der Waals surface area contributed by atoms with Crippen molar-refractivity contribution in [3.8, 4) is 0 Å². The molecule has 1 fully saturated rings. The summed E-state index contributed by atoms with van der Waals surface area (Å²) in [5.74, 6) is -0.281. The highest BCUT2D eigenvalue weighted by Gasteiger charge is 2.18. The molecule has 1 aromatic heterocycles. The van der Waals surface area contributed by atoms with Gasteiger partial charge in [0.05, 0.1) is 33.2 Å². The molecule has 1 saturated heterocycles. The van der Waals surface area contributed by atoms with E-state index in [9.17, 15) is 4.79 Å². The summed E-state index contributed by atoms with van der Waals surface area (Å²) in [7, 11) is 0. The van der Waals surface area contributed by atoms with Crippen LogP contribution in [0.25, 0.3) is 0 Å². The first-order valence-corrected chi connectivity index (χ1v) is 9.01. The molecule has 2 aromatic rings. The molecule has 0 aliphatic carbocycles. The minimum atomic E-state index is -0.281. The highest BCUT2D eigenvalue weighted by atomic mass is 35.5. The van der Waals surface area contributed by atoms with Gasteiger partial charge >= 0.3 is 0 Å². The lowest BCUT2D eigenvalue weighted by Gasteiger charge is -2.35. The van der Waals surface area contributed by atoms with Gasteiger partial charge in [-0.3, -0.25) is 9.78 Å². The van der Waals surface area contributed by atoms with Crippen molar-refractivity contribution in [3.63, 3.8) is 0 Å². The number of aromatic nitrogens is 1. The molecular weight excluding hydrogens is 359 g/mol. The van der Waals surface area contributed by atoms with Crippen LogP contribution in [0, 0.1) is 0 Å². The Morgan fingerprint density at radius 3 is 2.48 bits per heavy atom. The Labute approximate surface area is 157 Å². The molecule has 1 aliphatic heterocycles. The van der Waals surface area contributed by atoms with Crippen molar-refractivity contribution in [1.82, 2.24) is 9.88 Å². The second kappa shape index (κ2) is 8.04. The first-order chi connectivity index (χ1) is 12.1. The van der Waals surface area contributed by atoms with Gasteiger partial charge in [0, 0.05) is 32.4 Å². The molecule has 25 heavy (non-hydrogen) atoms. The molecular formula is C18H20Cl2N4O. The van der Waals surface area contributed by atoms with E-state index < -0.39 is 0 Å². The number of carbonyl (C=O) groups excluding carboxylic acids is 1. The quantitative estimate of drug-likeness (QED) is 0.879. The minimum Gasteiger partial charge on any atom is -0.368 e. The number of anilines is 2. The van der Waals surface area contributed by atoms with Crippen molar-refractivity contribution in [2.75, 3.05) is 42.9 Å². The molecule has 1 amide bonds. The fourth-order valence-corrected chi connectivity index (χ4v) is 3.34. The third-order valence-corrected chi connectivity index (χ3v) is 5.00. The number of pyridine rings is 1. The third kappa shape index (κ3) is 4.24. The number of halogens is 2. The maximum absolute atomic E-state index is 12.6. The zero-order valence-electron chi connectivity index (χ0n) is 14.0. The lowest BCUT2D eigenvalue weighted by atomic mass is 10.2. The Morgan fingerprint density at radius 2 is 1.84 bits per heavy atom. The number of nitrogens with zero attached hydrogens (tertiary/aromatic N) is 3. The number of amides is 1. The number of hydrogen-bond donors (Lipinski definition) is 1. The smallest absolute Gasteiger partial charge is 0.257 e. The van der Waals surface area contributed by atoms with E-state index in [4.69, 9.17) is 23.2 Å². The van der Waals surface area contributed by atoms with Gasteiger partial charge in [-0.05, 0) is 24.7 Å². The molecule has 1 aliphatic rings. The predicted molar refractivity (Wildman–Crippen MR) is 103 cm³/mol. The summed E-state index contributed by atoms with van der Waals surface area (Å²) in [6, 6.07) is 6.96. The Kier molecular flexibility index (Phi) is 5.78. The van der Waals surface area contributed by atoms with E-state index in [1.807, 2.05) is 6.07 Å². The average Bonchev–Trinajstić information content (AvgIpc) is 2.65. The monoisotopic (exact) mass is 378 g/mol. The van der Waals surface area contributed by atoms with E-state index in [1.165, 1.54) is 0 Å². The van der Waals surface area contributed by atoms with Crippen LogP contribution in [-0.4, -0.2) is 48.5 Å². The average molecular weight is 379 g/mol. The van der Waals surface area contributed by atoms with Gasteiger partial charge in [0.25, 0.3) is 5.91 Å². The molecule has 7 heteroatoms. The number of para-hydroxylation sites is 1. The Bertz CT molecular complexity index is 740. The highest BCUT2D eigenvalue weighted by Crippen LogP contribution is 2.30. The van der Waals surface area contributed by atoms with E-state index >= 15 is 0 Å². The number of benzene rings is 1. The molecule has 1 aromatic carbocycles. The Balaban J connectivity index is 1.74. The Morgan fingerprint density at radius 1 is 1.16 bits per heavy atom. The largest absolute Gasteiger partial charge is 0.368 e. The van der Waals surface area contributed by atoms with Crippen LogP contribution in [0.3, 0.4) is 0 Å². The maximum atomic E-state index is 12.6. The summed E-state index contributed by atoms with van der Waals surface area (Å²) in [6.07, 6.45) is 3.34. The molecule has 132 valence electrons. The molecule has 0 unspecified atom stereocenters. The predicted octanol–water partition coefficient (Wildman–Crippen LogP) is 3.78. The summed E-state index contributed by atoms with van der Waals surface area (Å²) >= 11 is 12.2. The fraction of sp³-hybridized carbons (Fsp3) is 0.333. The number of likely N-dealkylation sites (N-methyl/N-ethyl adjacent to an activating group) is 1. The second-order valence-corrected chi connectivity index (χ2v) is 6.72. The molecule has 0 spiro atoms. The molecule has 5 nitrogen and oxygen atoms in total. The molecule has 0 atom stereocenters. The van der Waals surface area contributed by atoms with Gasteiger partial charge in [-0.15, -0.1) is 0 Å². The van der Waals surface area contributed by atoms with Gasteiger partial charge in [-0.1, -0.05) is 36.2 Å². The van der Waals surface area contributed by atoms with Crippen LogP contribution in [0.5, 0.6) is 0 Å². The van der Waals surface area contributed by atoms with Crippen LogP contribution in [0.4, 0.5) is 11.4 Å². The molecule has 0 bridgehead atoms. The first-order valence-electron chi connectivity index (χ1n) is 8.26. The first kappa shape index (κ1) is 18.0. The lowest BCUT2D eigenvalue weighted by molar-refractivity contribution is 0.102. The van der Waals surface area contributed by atoms with Gasteiger partial charge < -0.3 is 15.1 Å². The van der Waals surface area contributed by atoms with E-state index in [1.54, 1.807) is 30.6 Å². The molecule has 1 N–H and O–H groups in total. The van der Waals surface area contributed by atoms with Crippen molar-refractivity contribution >= 4 is 40.5 Å². The zero-order chi connectivity index (χ0) is 17.8. The number of piperazine rings is 1. The fourth-order valence-electron chi connectivity index (χ4n) is 2.85. The molecule has 3 rings (SSSR count). The SMILES string of the molecule is CCN1CCN(c2cncc(C(=O)Nc3c(Cl)cccc3Cl)c2)CC1. The topological polar surface area (TPSA) is 48.5 Å². The molecule has 0 radical (unpaired) electrons. The van der Waals surface area contributed by atoms with Crippen LogP contribution < -0.4 is 10.2 Å². The van der Waals surface area contributed by atoms with Crippen molar-refractivity contribution in [3.05, 3.63) is 52.3 Å². The van der Waals surface area contributed by atoms with Crippen LogP contribution in [0.15, 0.2) is 36.7 Å². The summed E-state index contributed by atoms with van der Waals surface area (Å²) in [6.45, 7) is 7.12. The normalized spacial score (nSPS) is 15.2. The van der Waals surface area contributed by atoms with Crippen molar-refractivity contribution in [1.29, 1.82) is 0 Å². The standard InChI is InChI=1S/C18H20Cl2N4O/c1-2-23-6-8-24(9-7-23)14-10-13(11-21-12-14)18(25)22-17-15(19)4-3-5-16(17)20/h3-5,10-12H,2,6-9H2,1H3,(H,22,25). The third-order valence-electron chi connectivity index (χ3n) is 4.37. The van der Waals surface area contributed by atoms with Crippen molar-refractivity contribution in [2.24, 2.45) is 0 Å². The van der Waals surface area contributed by atoms with E-state index in [2.05, 4.69) is 27.0 Å². The van der Waals surface area contributed by atoms with Gasteiger partial charge in [0.2, 0.25) is 0 Å². The van der Waals surface area contributed by atoms with E-state index in [0.717, 1.165) is 38.4 Å². The highest BCUT2D eigenvalue weighted by molar-refractivity contribution is 6.40. The van der Waals surface area contributed by atoms with Crippen molar-refractivity contribution in [2.45, 2.75) is 6.92 Å².